The molecule has 0 atom stereocenters. The number of hydrogen-bond acceptors (Lipinski definition) is 4. The number of carbonyl (C=O) groups excluding carboxylic acids is 1. The minimum atomic E-state index is -3.17. The molecular formula is C12H18FN3O3S. The Morgan fingerprint density at radius 3 is 2.65 bits per heavy atom. The molecule has 0 heterocycles. The number of halogens is 1. The molecule has 0 saturated carbocycles. The number of nitrogens with one attached hydrogen (secondary N) is 2. The van der Waals surface area contributed by atoms with Crippen LogP contribution in [0.25, 0.3) is 0 Å². The Labute approximate surface area is 117 Å². The van der Waals surface area contributed by atoms with Gasteiger partial charge in [-0.15, -0.1) is 0 Å². The summed E-state index contributed by atoms with van der Waals surface area (Å²) in [6, 6.07) is 3.93. The van der Waals surface area contributed by atoms with Gasteiger partial charge in [0.2, 0.25) is 15.9 Å². The number of primary amides is 1. The topological polar surface area (TPSA) is 101 Å². The van der Waals surface area contributed by atoms with Crippen molar-refractivity contribution in [1.29, 1.82) is 0 Å². The molecule has 0 aromatic heterocycles. The predicted octanol–water partition coefficient (Wildman–Crippen LogP) is -0.0465. The first kappa shape index (κ1) is 16.5. The van der Waals surface area contributed by atoms with Crippen molar-refractivity contribution in [1.82, 2.24) is 10.0 Å². The van der Waals surface area contributed by atoms with Gasteiger partial charge >= 0.3 is 0 Å². The average Bonchev–Trinajstić information content (AvgIpc) is 2.34. The number of amides is 1. The normalized spacial score (nSPS) is 11.5. The van der Waals surface area contributed by atoms with Crippen molar-refractivity contribution < 1.29 is 17.6 Å². The Morgan fingerprint density at radius 2 is 2.05 bits per heavy atom. The van der Waals surface area contributed by atoms with Gasteiger partial charge in [-0.1, -0.05) is 0 Å². The highest BCUT2D eigenvalue weighted by atomic mass is 32.2. The van der Waals surface area contributed by atoms with E-state index < -0.39 is 21.7 Å². The van der Waals surface area contributed by atoms with E-state index in [4.69, 9.17) is 5.73 Å². The maximum atomic E-state index is 13.5. The van der Waals surface area contributed by atoms with Gasteiger partial charge in [-0.25, -0.2) is 17.5 Å². The van der Waals surface area contributed by atoms with E-state index in [-0.39, 0.29) is 12.1 Å². The maximum Gasteiger partial charge on any atom is 0.248 e. The number of nitrogens with two attached hydrogens (primary N) is 1. The zero-order chi connectivity index (χ0) is 15.2. The lowest BCUT2D eigenvalue weighted by Crippen LogP contribution is -2.26. The second-order valence-corrected chi connectivity index (χ2v) is 6.20. The summed E-state index contributed by atoms with van der Waals surface area (Å²) < 4.78 is 37.4. The average molecular weight is 303 g/mol. The van der Waals surface area contributed by atoms with Crippen molar-refractivity contribution >= 4 is 15.9 Å². The molecule has 0 unspecified atom stereocenters. The highest BCUT2D eigenvalue weighted by Gasteiger charge is 2.06. The van der Waals surface area contributed by atoms with Crippen LogP contribution in [-0.4, -0.2) is 33.7 Å². The van der Waals surface area contributed by atoms with E-state index in [1.165, 1.54) is 18.2 Å². The highest BCUT2D eigenvalue weighted by Crippen LogP contribution is 2.10. The lowest BCUT2D eigenvalue weighted by Gasteiger charge is -2.07. The summed E-state index contributed by atoms with van der Waals surface area (Å²) in [6.07, 6.45) is 1.66. The molecule has 112 valence electrons. The second kappa shape index (κ2) is 7.32. The summed E-state index contributed by atoms with van der Waals surface area (Å²) in [7, 11) is -3.17. The van der Waals surface area contributed by atoms with E-state index in [0.717, 1.165) is 6.26 Å². The summed E-state index contributed by atoms with van der Waals surface area (Å²) in [5.41, 5.74) is 5.72. The van der Waals surface area contributed by atoms with Crippen LogP contribution < -0.4 is 15.8 Å². The van der Waals surface area contributed by atoms with Crippen LogP contribution in [0.1, 0.15) is 22.3 Å². The first-order chi connectivity index (χ1) is 9.29. The molecule has 20 heavy (non-hydrogen) atoms. The monoisotopic (exact) mass is 303 g/mol. The molecule has 0 spiro atoms. The summed E-state index contributed by atoms with van der Waals surface area (Å²) in [5, 5.41) is 2.97. The smallest absolute Gasteiger partial charge is 0.248 e. The molecule has 0 aliphatic rings. The summed E-state index contributed by atoms with van der Waals surface area (Å²) in [5.74, 6) is -1.03. The zero-order valence-electron chi connectivity index (χ0n) is 11.1. The van der Waals surface area contributed by atoms with Gasteiger partial charge in [-0.05, 0) is 31.2 Å². The second-order valence-electron chi connectivity index (χ2n) is 4.37. The van der Waals surface area contributed by atoms with Gasteiger partial charge in [0.1, 0.15) is 5.82 Å². The van der Waals surface area contributed by atoms with Gasteiger partial charge in [-0.2, -0.15) is 0 Å². The van der Waals surface area contributed by atoms with Crippen LogP contribution in [0.4, 0.5) is 4.39 Å². The summed E-state index contributed by atoms with van der Waals surface area (Å²) in [6.45, 7) is 1.07. The number of benzene rings is 1. The minimum absolute atomic E-state index is 0.242. The number of hydrogen-bond donors (Lipinski definition) is 3. The summed E-state index contributed by atoms with van der Waals surface area (Å²) in [4.78, 5) is 11.0. The third-order valence-electron chi connectivity index (χ3n) is 2.54. The number of rotatable bonds is 8. The molecule has 8 heteroatoms. The molecule has 1 rings (SSSR count). The van der Waals surface area contributed by atoms with Crippen molar-refractivity contribution in [3.8, 4) is 0 Å². The van der Waals surface area contributed by atoms with Crippen molar-refractivity contribution in [2.45, 2.75) is 13.0 Å². The quantitative estimate of drug-likeness (QED) is 0.586. The van der Waals surface area contributed by atoms with E-state index in [1.807, 2.05) is 0 Å². The predicted molar refractivity (Wildman–Crippen MR) is 74.1 cm³/mol. The molecule has 1 amide bonds. The maximum absolute atomic E-state index is 13.5. The van der Waals surface area contributed by atoms with E-state index in [9.17, 15) is 17.6 Å². The Bertz CT molecular complexity index is 575. The Morgan fingerprint density at radius 1 is 1.35 bits per heavy atom. The van der Waals surface area contributed by atoms with Crippen LogP contribution in [0.3, 0.4) is 0 Å². The van der Waals surface area contributed by atoms with Crippen LogP contribution in [0.5, 0.6) is 0 Å². The highest BCUT2D eigenvalue weighted by molar-refractivity contribution is 7.88. The standard InChI is InChI=1S/C12H18FN3O3S/c1-20(18,19)16-6-2-5-15-8-10-7-9(12(14)17)3-4-11(10)13/h3-4,7,15-16H,2,5-6,8H2,1H3,(H2,14,17). The molecule has 0 aliphatic heterocycles. The fourth-order valence-electron chi connectivity index (χ4n) is 1.56. The fraction of sp³-hybridized carbons (Fsp3) is 0.417. The Kier molecular flexibility index (Phi) is 6.05. The molecule has 0 saturated heterocycles. The Hall–Kier alpha value is -1.51. The van der Waals surface area contributed by atoms with Gasteiger partial charge in [-0.3, -0.25) is 4.79 Å². The van der Waals surface area contributed by atoms with Crippen molar-refractivity contribution in [2.24, 2.45) is 5.73 Å². The number of carbonyl (C=O) groups is 1. The zero-order valence-corrected chi connectivity index (χ0v) is 12.0. The molecular weight excluding hydrogens is 285 g/mol. The van der Waals surface area contributed by atoms with Gasteiger partial charge in [0, 0.05) is 24.2 Å². The molecule has 6 nitrogen and oxygen atoms in total. The van der Waals surface area contributed by atoms with Crippen LogP contribution in [-0.2, 0) is 16.6 Å². The fourth-order valence-corrected chi connectivity index (χ4v) is 2.07. The van der Waals surface area contributed by atoms with Gasteiger partial charge in [0.05, 0.1) is 6.26 Å². The van der Waals surface area contributed by atoms with Crippen LogP contribution >= 0.6 is 0 Å². The third kappa shape index (κ3) is 6.09. The van der Waals surface area contributed by atoms with Crippen LogP contribution in [0, 0.1) is 5.82 Å². The van der Waals surface area contributed by atoms with E-state index in [1.54, 1.807) is 0 Å². The molecule has 0 bridgehead atoms. The molecule has 4 N–H and O–H groups in total. The lowest BCUT2D eigenvalue weighted by molar-refractivity contribution is 0.1000. The van der Waals surface area contributed by atoms with Crippen molar-refractivity contribution in [3.05, 3.63) is 35.1 Å². The molecule has 0 aliphatic carbocycles. The minimum Gasteiger partial charge on any atom is -0.366 e. The van der Waals surface area contributed by atoms with Crippen LogP contribution in [0.15, 0.2) is 18.2 Å². The van der Waals surface area contributed by atoms with E-state index >= 15 is 0 Å². The van der Waals surface area contributed by atoms with Gasteiger partial charge in [0.25, 0.3) is 0 Å². The molecule has 0 fully saturated rings. The SMILES string of the molecule is CS(=O)(=O)NCCCNCc1cc(C(N)=O)ccc1F. The molecule has 0 radical (unpaired) electrons. The van der Waals surface area contributed by atoms with Crippen LogP contribution in [0.2, 0.25) is 0 Å². The lowest BCUT2D eigenvalue weighted by atomic mass is 10.1. The van der Waals surface area contributed by atoms with Crippen molar-refractivity contribution in [2.75, 3.05) is 19.3 Å². The Balaban J connectivity index is 2.38. The van der Waals surface area contributed by atoms with E-state index in [2.05, 4.69) is 10.0 Å². The first-order valence-electron chi connectivity index (χ1n) is 6.03. The van der Waals surface area contributed by atoms with Gasteiger partial charge in [0.15, 0.2) is 0 Å². The van der Waals surface area contributed by atoms with E-state index in [0.29, 0.717) is 25.1 Å². The van der Waals surface area contributed by atoms with Crippen molar-refractivity contribution in [3.63, 3.8) is 0 Å². The third-order valence-corrected chi connectivity index (χ3v) is 3.27. The molecule has 1 aromatic rings. The number of sulfonamides is 1. The van der Waals surface area contributed by atoms with Gasteiger partial charge < -0.3 is 11.1 Å². The largest absolute Gasteiger partial charge is 0.366 e. The summed E-state index contributed by atoms with van der Waals surface area (Å²) >= 11 is 0. The molecule has 1 aromatic carbocycles. The first-order valence-corrected chi connectivity index (χ1v) is 7.92.